The molecule has 0 amide bonds. The maximum atomic E-state index is 13.6. The Labute approximate surface area is 439 Å². The number of hydrogen-bond donors (Lipinski definition) is 4. The molecule has 0 spiro atoms. The molecule has 4 atom stereocenters. The molecule has 0 fully saturated rings. The van der Waals surface area contributed by atoms with Crippen molar-refractivity contribution in [3.63, 3.8) is 0 Å². The van der Waals surface area contributed by atoms with Gasteiger partial charge in [0.15, 0.2) is 0 Å². The van der Waals surface area contributed by atoms with Crippen LogP contribution in [0.1, 0.15) is 87.7 Å². The van der Waals surface area contributed by atoms with E-state index in [1.807, 2.05) is 27.7 Å². The smallest absolute Gasteiger partial charge is 0.550 e. The van der Waals surface area contributed by atoms with E-state index in [0.29, 0.717) is 68.8 Å². The number of anilines is 4. The second-order valence-electron chi connectivity index (χ2n) is 16.9. The first-order chi connectivity index (χ1) is 33.1. The Morgan fingerprint density at radius 2 is 0.972 bits per heavy atom. The number of aliphatic hydroxyl groups is 4. The molecule has 0 aliphatic carbocycles. The number of aromatic nitrogens is 10. The van der Waals surface area contributed by atoms with Gasteiger partial charge < -0.3 is 40.2 Å². The minimum Gasteiger partial charge on any atom is -0.550 e. The number of aliphatic hydroxyl groups excluding tert-OH is 4. The number of hydrogen-bond acceptors (Lipinski definition) is 18. The van der Waals surface area contributed by atoms with E-state index in [4.69, 9.17) is 19.9 Å². The van der Waals surface area contributed by atoms with Crippen LogP contribution in [0.25, 0.3) is 34.7 Å². The van der Waals surface area contributed by atoms with Crippen molar-refractivity contribution in [1.29, 1.82) is 0 Å². The molecule has 0 aliphatic heterocycles. The fourth-order valence-corrected chi connectivity index (χ4v) is 7.16. The molecule has 2 aromatic carbocycles. The Morgan fingerprint density at radius 1 is 0.634 bits per heavy atom. The fourth-order valence-electron chi connectivity index (χ4n) is 7.16. The number of halogens is 2. The quantitative estimate of drug-likeness (QED) is 0.0800. The number of aliphatic carboxylic acids is 2. The van der Waals surface area contributed by atoms with Gasteiger partial charge >= 0.3 is 37.7 Å². The van der Waals surface area contributed by atoms with Crippen molar-refractivity contribution in [3.05, 3.63) is 107 Å². The molecule has 0 saturated carbocycles. The van der Waals surface area contributed by atoms with Crippen LogP contribution in [0.5, 0.6) is 0 Å². The average molecular weight is 1010 g/mol. The van der Waals surface area contributed by atoms with E-state index in [9.17, 15) is 49.0 Å². The summed E-state index contributed by atoms with van der Waals surface area (Å²) in [4.78, 5) is 52.2. The summed E-state index contributed by atoms with van der Waals surface area (Å²) in [6, 6.07) is 11.7. The van der Waals surface area contributed by atoms with E-state index in [1.54, 1.807) is 83.8 Å². The van der Waals surface area contributed by atoms with Gasteiger partial charge in [0, 0.05) is 88.1 Å². The Balaban J connectivity index is 0.000000304. The summed E-state index contributed by atoms with van der Waals surface area (Å²) < 4.78 is 30.4. The first-order valence-electron chi connectivity index (χ1n) is 22.1. The molecular formula is C48H56CaF2N12O8. The van der Waals surface area contributed by atoms with Crippen LogP contribution in [-0.2, 0) is 23.7 Å². The van der Waals surface area contributed by atoms with Crippen LogP contribution in [0.3, 0.4) is 0 Å². The number of carbonyl (C=O) groups is 2. The van der Waals surface area contributed by atoms with Crippen LogP contribution >= 0.6 is 0 Å². The van der Waals surface area contributed by atoms with E-state index in [1.165, 1.54) is 49.1 Å². The zero-order valence-electron chi connectivity index (χ0n) is 40.6. The molecule has 0 radical (unpaired) electrons. The largest absolute Gasteiger partial charge is 2.00 e. The van der Waals surface area contributed by atoms with Crippen molar-refractivity contribution in [2.24, 2.45) is 14.1 Å². The SMILES string of the molecule is CC(C)c1n[14c](N(C)c2ncnn2C)nc(-c2ccc(F)cc2)c1/C=C/[C@@H](O)C[C@@H](O)CC(=O)[O-].CC(C)c1n[14c](N(C)c2ncnn2C)nc(-c2ccc(F)cc2)c1/C=C/[C@@H](O)C[C@@H](O)CC(=O)[O-].[Ca+2]. The molecule has 71 heavy (non-hydrogen) atoms. The predicted molar refractivity (Wildman–Crippen MR) is 257 cm³/mol. The molecular weight excluding hydrogens is 955 g/mol. The van der Waals surface area contributed by atoms with Gasteiger partial charge in [-0.05, 0) is 60.4 Å². The number of carboxylic acid groups (broad SMARTS) is 2. The van der Waals surface area contributed by atoms with Gasteiger partial charge in [0.25, 0.3) is 0 Å². The van der Waals surface area contributed by atoms with Crippen molar-refractivity contribution in [3.8, 4) is 22.5 Å². The van der Waals surface area contributed by atoms with Crippen LogP contribution in [0.2, 0.25) is 0 Å². The molecule has 4 aromatic heterocycles. The molecule has 0 saturated heterocycles. The van der Waals surface area contributed by atoms with Gasteiger partial charge in [0.05, 0.1) is 47.2 Å². The van der Waals surface area contributed by atoms with E-state index >= 15 is 0 Å². The number of nitrogens with zero attached hydrogens (tertiary/aromatic N) is 12. The molecule has 0 bridgehead atoms. The topological polar surface area (TPSA) is 281 Å². The number of carboxylic acids is 2. The monoisotopic (exact) mass is 1010 g/mol. The zero-order valence-corrected chi connectivity index (χ0v) is 42.8. The summed E-state index contributed by atoms with van der Waals surface area (Å²) in [5, 5.41) is 69.8. The van der Waals surface area contributed by atoms with E-state index in [-0.39, 0.29) is 62.4 Å². The Hall–Kier alpha value is -6.14. The maximum absolute atomic E-state index is 13.6. The minimum absolute atomic E-state index is 0. The fraction of sp³-hybridized carbons (Fsp3) is 0.375. The number of carbonyl (C=O) groups excluding carboxylic acids is 2. The van der Waals surface area contributed by atoms with Crippen LogP contribution in [0.15, 0.2) is 73.3 Å². The first-order valence-corrected chi connectivity index (χ1v) is 22.1. The Bertz CT molecular complexity index is 2590. The second-order valence-corrected chi connectivity index (χ2v) is 16.9. The molecule has 20 nitrogen and oxygen atoms in total. The summed E-state index contributed by atoms with van der Waals surface area (Å²) in [5.41, 5.74) is 4.83. The van der Waals surface area contributed by atoms with Gasteiger partial charge in [-0.1, -0.05) is 52.0 Å². The second kappa shape index (κ2) is 26.3. The molecule has 4 N–H and O–H groups in total. The Kier molecular flexibility index (Phi) is 21.3. The minimum atomic E-state index is -1.40. The molecule has 6 aromatic rings. The summed E-state index contributed by atoms with van der Waals surface area (Å²) >= 11 is 0. The third-order valence-electron chi connectivity index (χ3n) is 10.6. The normalized spacial score (nSPS) is 13.2. The van der Waals surface area contributed by atoms with Crippen molar-refractivity contribution in [2.75, 3.05) is 23.9 Å². The van der Waals surface area contributed by atoms with Gasteiger partial charge in [0.2, 0.25) is 23.8 Å². The number of benzene rings is 2. The third kappa shape index (κ3) is 15.9. The van der Waals surface area contributed by atoms with E-state index in [2.05, 4.69) is 20.2 Å². The standard InChI is InChI=1S/2C24H29FN6O4.Ca/c2*1-14(2)21-19(10-9-17(32)11-18(33)12-20(34)35)22(15-5-7-16(25)8-6-15)29-23(28-21)30(3)24-26-13-27-31(24)4;/h2*5-10,13-14,17-18,32-33H,11-12H2,1-4H3,(H,34,35);/q;;+2/p-2/b2*10-9+;/t2*17-,18-;/m11./s1/i2*23+2;. The zero-order chi connectivity index (χ0) is 51.4. The molecule has 6 rings (SSSR count). The van der Waals surface area contributed by atoms with Gasteiger partial charge in [-0.25, -0.2) is 38.1 Å². The third-order valence-corrected chi connectivity index (χ3v) is 10.6. The van der Waals surface area contributed by atoms with Crippen LogP contribution in [-0.4, -0.2) is 158 Å². The maximum Gasteiger partial charge on any atom is 2.00 e. The molecule has 0 aliphatic rings. The van der Waals surface area contributed by atoms with Crippen molar-refractivity contribution >= 4 is 85.6 Å². The van der Waals surface area contributed by atoms with Gasteiger partial charge in [-0.3, -0.25) is 9.80 Å². The van der Waals surface area contributed by atoms with E-state index < -0.39 is 60.8 Å². The Morgan fingerprint density at radius 3 is 1.25 bits per heavy atom. The van der Waals surface area contributed by atoms with Gasteiger partial charge in [-0.2, -0.15) is 20.2 Å². The summed E-state index contributed by atoms with van der Waals surface area (Å²) in [5.74, 6) is -1.94. The summed E-state index contributed by atoms with van der Waals surface area (Å²) in [7, 11) is 7.01. The molecule has 372 valence electrons. The van der Waals surface area contributed by atoms with Crippen molar-refractivity contribution < 1.29 is 49.0 Å². The van der Waals surface area contributed by atoms with Crippen LogP contribution in [0.4, 0.5) is 32.6 Å². The average Bonchev–Trinajstić information content (AvgIpc) is 3.93. The molecule has 4 heterocycles. The summed E-state index contributed by atoms with van der Waals surface area (Å²) in [6.45, 7) is 7.83. The number of rotatable bonds is 20. The first kappa shape index (κ1) is 57.4. The van der Waals surface area contributed by atoms with Gasteiger partial charge in [0.1, 0.15) is 24.3 Å². The van der Waals surface area contributed by atoms with Crippen LogP contribution in [0, 0.1) is 11.6 Å². The van der Waals surface area contributed by atoms with Crippen molar-refractivity contribution in [1.82, 2.24) is 49.5 Å². The molecule has 23 heteroatoms. The van der Waals surface area contributed by atoms with E-state index in [0.717, 1.165) is 0 Å². The van der Waals surface area contributed by atoms with Crippen molar-refractivity contribution in [2.45, 2.75) is 89.6 Å². The number of aryl methyl sites for hydroxylation is 2. The summed E-state index contributed by atoms with van der Waals surface area (Å²) in [6.07, 6.45) is 2.76. The molecule has 0 unspecified atom stereocenters. The van der Waals surface area contributed by atoms with Gasteiger partial charge in [-0.15, -0.1) is 0 Å². The predicted octanol–water partition coefficient (Wildman–Crippen LogP) is 2.75. The van der Waals surface area contributed by atoms with Crippen LogP contribution < -0.4 is 20.0 Å².